The van der Waals surface area contributed by atoms with Gasteiger partial charge in [-0.05, 0) is 23.8 Å². The minimum atomic E-state index is -0.845. The van der Waals surface area contributed by atoms with E-state index in [0.717, 1.165) is 0 Å². The molecule has 0 amide bonds. The molecule has 110 valence electrons. The third-order valence-electron chi connectivity index (χ3n) is 3.00. The minimum Gasteiger partial charge on any atom is -0.508 e. The number of phenolic OH excluding ortho intramolecular Hbond substituents is 1. The lowest BCUT2D eigenvalue weighted by atomic mass is 10.1. The summed E-state index contributed by atoms with van der Waals surface area (Å²) in [5.74, 6) is 0.110. The molecule has 9 heteroatoms. The van der Waals surface area contributed by atoms with Crippen LogP contribution in [0.4, 0.5) is 5.69 Å². The van der Waals surface area contributed by atoms with Gasteiger partial charge in [-0.2, -0.15) is 0 Å². The van der Waals surface area contributed by atoms with Crippen molar-refractivity contribution in [3.8, 4) is 5.75 Å². The predicted octanol–water partition coefficient (Wildman–Crippen LogP) is 1.20. The molecule has 2 aromatic heterocycles. The van der Waals surface area contributed by atoms with Gasteiger partial charge in [0.15, 0.2) is 5.65 Å². The van der Waals surface area contributed by atoms with Crippen molar-refractivity contribution < 1.29 is 10.0 Å². The van der Waals surface area contributed by atoms with Gasteiger partial charge in [0.1, 0.15) is 17.6 Å². The van der Waals surface area contributed by atoms with Gasteiger partial charge < -0.3 is 5.11 Å². The summed E-state index contributed by atoms with van der Waals surface area (Å²) in [6, 6.07) is 6.23. The molecule has 2 heterocycles. The van der Waals surface area contributed by atoms with Crippen LogP contribution in [0.5, 0.6) is 5.75 Å². The summed E-state index contributed by atoms with van der Waals surface area (Å²) in [5.41, 5.74) is -0.524. The molecule has 0 radical (unpaired) electrons. The molecule has 0 saturated heterocycles. The Morgan fingerprint density at radius 2 is 2.00 bits per heavy atom. The summed E-state index contributed by atoms with van der Waals surface area (Å²) >= 11 is 0. The number of H-pyrrole nitrogens is 1. The van der Waals surface area contributed by atoms with Crippen LogP contribution in [-0.2, 0) is 0 Å². The number of nitrogens with zero attached hydrogens (tertiary/aromatic N) is 4. The second-order valence-corrected chi connectivity index (χ2v) is 4.41. The molecular formula is C13H9N5O4. The monoisotopic (exact) mass is 299 g/mol. The number of phenols is 1. The maximum absolute atomic E-state index is 11.8. The average Bonchev–Trinajstić information content (AvgIpc) is 2.93. The van der Waals surface area contributed by atoms with E-state index in [1.807, 2.05) is 0 Å². The number of nitro groups is 1. The topological polar surface area (TPSA) is 126 Å². The third kappa shape index (κ3) is 2.30. The molecule has 22 heavy (non-hydrogen) atoms. The normalized spacial score (nSPS) is 11.3. The van der Waals surface area contributed by atoms with E-state index in [2.05, 4.69) is 15.3 Å². The van der Waals surface area contributed by atoms with Crippen LogP contribution < -0.4 is 5.56 Å². The average molecular weight is 299 g/mol. The zero-order valence-electron chi connectivity index (χ0n) is 11.0. The lowest BCUT2D eigenvalue weighted by molar-refractivity contribution is -0.386. The van der Waals surface area contributed by atoms with Crippen molar-refractivity contribution in [2.24, 2.45) is 0 Å². The van der Waals surface area contributed by atoms with Crippen LogP contribution in [0.1, 0.15) is 11.1 Å². The lowest BCUT2D eigenvalue weighted by Crippen LogP contribution is -2.17. The van der Waals surface area contributed by atoms with Crippen LogP contribution in [0.3, 0.4) is 0 Å². The van der Waals surface area contributed by atoms with Gasteiger partial charge in [-0.25, -0.2) is 4.52 Å². The predicted molar refractivity (Wildman–Crippen MR) is 77.3 cm³/mol. The molecule has 2 N–H and O–H groups in total. The number of nitrogens with one attached hydrogen (secondary N) is 1. The second kappa shape index (κ2) is 5.13. The molecule has 0 aliphatic rings. The van der Waals surface area contributed by atoms with Gasteiger partial charge in [0.05, 0.1) is 4.92 Å². The highest BCUT2D eigenvalue weighted by molar-refractivity contribution is 5.80. The van der Waals surface area contributed by atoms with Crippen LogP contribution in [0.25, 0.3) is 17.8 Å². The Morgan fingerprint density at radius 1 is 1.27 bits per heavy atom. The number of aromatic nitrogens is 4. The summed E-state index contributed by atoms with van der Waals surface area (Å²) in [6.45, 7) is 0. The molecule has 0 aliphatic heterocycles. The molecule has 0 atom stereocenters. The SMILES string of the molecule is O=c1[nH]n2cnnc2c(C=Cc2ccc(O)cc2)c1[N+](=O)[O-]. The number of fused-ring (bicyclic) bond motifs is 1. The van der Waals surface area contributed by atoms with Gasteiger partial charge in [0.25, 0.3) is 0 Å². The van der Waals surface area contributed by atoms with Crippen LogP contribution >= 0.6 is 0 Å². The van der Waals surface area contributed by atoms with Crippen LogP contribution in [0, 0.1) is 10.1 Å². The number of aromatic hydroxyl groups is 1. The summed E-state index contributed by atoms with van der Waals surface area (Å²) in [4.78, 5) is 22.2. The van der Waals surface area contributed by atoms with E-state index >= 15 is 0 Å². The molecule has 0 fully saturated rings. The summed E-state index contributed by atoms with van der Waals surface area (Å²) in [6.07, 6.45) is 4.25. The molecule has 0 saturated carbocycles. The smallest absolute Gasteiger partial charge is 0.346 e. The van der Waals surface area contributed by atoms with Crippen LogP contribution in [0.15, 0.2) is 35.4 Å². The van der Waals surface area contributed by atoms with Gasteiger partial charge >= 0.3 is 11.2 Å². The van der Waals surface area contributed by atoms with E-state index in [0.29, 0.717) is 5.56 Å². The number of rotatable bonds is 3. The first-order valence-corrected chi connectivity index (χ1v) is 6.14. The fraction of sp³-hybridized carbons (Fsp3) is 0. The number of hydrogen-bond acceptors (Lipinski definition) is 6. The Bertz CT molecular complexity index is 939. The van der Waals surface area contributed by atoms with Crippen molar-refractivity contribution in [3.05, 3.63) is 62.2 Å². The second-order valence-electron chi connectivity index (χ2n) is 4.41. The van der Waals surface area contributed by atoms with Gasteiger partial charge in [0, 0.05) is 0 Å². The quantitative estimate of drug-likeness (QED) is 0.552. The Balaban J connectivity index is 2.18. The molecule has 0 unspecified atom stereocenters. The fourth-order valence-corrected chi connectivity index (χ4v) is 1.99. The van der Waals surface area contributed by atoms with Crippen molar-refractivity contribution >= 4 is 23.5 Å². The zero-order valence-corrected chi connectivity index (χ0v) is 11.0. The van der Waals surface area contributed by atoms with E-state index in [1.54, 1.807) is 18.2 Å². The van der Waals surface area contributed by atoms with Gasteiger partial charge in [0.2, 0.25) is 0 Å². The van der Waals surface area contributed by atoms with Crippen molar-refractivity contribution in [1.29, 1.82) is 0 Å². The van der Waals surface area contributed by atoms with E-state index in [-0.39, 0.29) is 17.0 Å². The maximum Gasteiger partial charge on any atom is 0.346 e. The summed E-state index contributed by atoms with van der Waals surface area (Å²) < 4.78 is 1.21. The maximum atomic E-state index is 11.8. The summed E-state index contributed by atoms with van der Waals surface area (Å²) in [7, 11) is 0. The fourth-order valence-electron chi connectivity index (χ4n) is 1.99. The van der Waals surface area contributed by atoms with Crippen LogP contribution in [0.2, 0.25) is 0 Å². The molecule has 3 rings (SSSR count). The molecule has 1 aromatic carbocycles. The first-order valence-electron chi connectivity index (χ1n) is 6.14. The molecule has 9 nitrogen and oxygen atoms in total. The molecular weight excluding hydrogens is 290 g/mol. The van der Waals surface area contributed by atoms with Crippen molar-refractivity contribution in [3.63, 3.8) is 0 Å². The first kappa shape index (κ1) is 13.5. The highest BCUT2D eigenvalue weighted by atomic mass is 16.6. The molecule has 3 aromatic rings. The van der Waals surface area contributed by atoms with Gasteiger partial charge in [-0.15, -0.1) is 10.2 Å². The Kier molecular flexibility index (Phi) is 3.14. The molecule has 0 aliphatic carbocycles. The molecule has 0 spiro atoms. The van der Waals surface area contributed by atoms with E-state index < -0.39 is 16.2 Å². The highest BCUT2D eigenvalue weighted by Gasteiger charge is 2.22. The van der Waals surface area contributed by atoms with Gasteiger partial charge in [-0.1, -0.05) is 18.2 Å². The van der Waals surface area contributed by atoms with E-state index in [4.69, 9.17) is 0 Å². The van der Waals surface area contributed by atoms with Gasteiger partial charge in [-0.3, -0.25) is 20.0 Å². The minimum absolute atomic E-state index is 0.0549. The molecule has 0 bridgehead atoms. The van der Waals surface area contributed by atoms with Crippen molar-refractivity contribution in [1.82, 2.24) is 19.8 Å². The van der Waals surface area contributed by atoms with Crippen molar-refractivity contribution in [2.75, 3.05) is 0 Å². The zero-order chi connectivity index (χ0) is 15.7. The largest absolute Gasteiger partial charge is 0.508 e. The first-order chi connectivity index (χ1) is 10.6. The number of benzene rings is 1. The third-order valence-corrected chi connectivity index (χ3v) is 3.00. The summed E-state index contributed by atoms with van der Waals surface area (Å²) in [5, 5.41) is 30.0. The lowest BCUT2D eigenvalue weighted by Gasteiger charge is -2.00. The number of aromatic amines is 1. The van der Waals surface area contributed by atoms with E-state index in [9.17, 15) is 20.0 Å². The highest BCUT2D eigenvalue weighted by Crippen LogP contribution is 2.20. The Hall–Kier alpha value is -3.49. The Labute approximate surface area is 122 Å². The van der Waals surface area contributed by atoms with Crippen molar-refractivity contribution in [2.45, 2.75) is 0 Å². The van der Waals surface area contributed by atoms with Crippen LogP contribution in [-0.4, -0.2) is 29.8 Å². The standard InChI is InChI=1S/C13H9N5O4/c19-9-4-1-8(2-5-9)3-6-10-11(18(21)22)13(20)16-17-7-14-15-12(10)17/h1-7,19H,(H,16,20). The van der Waals surface area contributed by atoms with E-state index in [1.165, 1.54) is 29.1 Å². The Morgan fingerprint density at radius 3 is 2.68 bits per heavy atom. The number of hydrogen-bond donors (Lipinski definition) is 2.